The molecule has 4 N–H and O–H groups in total. The van der Waals surface area contributed by atoms with Gasteiger partial charge in [0.2, 0.25) is 17.7 Å². The minimum atomic E-state index is -1.09. The van der Waals surface area contributed by atoms with Crippen molar-refractivity contribution in [3.8, 4) is 0 Å². The first kappa shape index (κ1) is 36.0. The van der Waals surface area contributed by atoms with Gasteiger partial charge < -0.3 is 30.7 Å². The summed E-state index contributed by atoms with van der Waals surface area (Å²) in [6, 6.07) is 11.7. The highest BCUT2D eigenvalue weighted by molar-refractivity contribution is 5.93. The maximum atomic E-state index is 13.6. The highest BCUT2D eigenvalue weighted by Gasteiger charge is 2.32. The summed E-state index contributed by atoms with van der Waals surface area (Å²) in [7, 11) is 1.22. The Morgan fingerprint density at radius 1 is 0.891 bits per heavy atom. The second kappa shape index (κ2) is 18.5. The molecule has 1 aliphatic rings. The summed E-state index contributed by atoms with van der Waals surface area (Å²) >= 11 is 0. The van der Waals surface area contributed by atoms with Crippen LogP contribution in [0.25, 0.3) is 0 Å². The van der Waals surface area contributed by atoms with Gasteiger partial charge in [-0.3, -0.25) is 14.4 Å². The monoisotopic (exact) mass is 640 g/mol. The normalized spacial score (nSPS) is 16.4. The Hall–Kier alpha value is -4.48. The first-order chi connectivity index (χ1) is 22.0. The smallest absolute Gasteiger partial charge is 0.408 e. The van der Waals surface area contributed by atoms with Crippen molar-refractivity contribution in [2.45, 2.75) is 83.5 Å². The lowest BCUT2D eigenvalue weighted by Crippen LogP contribution is -2.56. The van der Waals surface area contributed by atoms with Gasteiger partial charge in [-0.2, -0.15) is 0 Å². The molecule has 1 fully saturated rings. The molecule has 46 heavy (non-hydrogen) atoms. The Balaban J connectivity index is 1.70. The molecule has 12 heteroatoms. The van der Waals surface area contributed by atoms with E-state index in [2.05, 4.69) is 21.3 Å². The van der Waals surface area contributed by atoms with Crippen LogP contribution in [0.15, 0.2) is 54.6 Å². The van der Waals surface area contributed by atoms with Crippen LogP contribution in [0.2, 0.25) is 0 Å². The number of benzene rings is 2. The molecule has 0 aromatic heterocycles. The number of esters is 1. The standard InChI is InChI=1S/C34H45FN4O7/c1-22(2)20-29(32(42)37-28(33(43)45-3)18-14-25-10-7-19-36-30(25)40)38-31(41)27(17-13-23-11-15-26(35)16-12-23)39-34(44)46-21-24-8-5-4-6-9-24/h4-6,8-9,11-12,15-16,22,25,27-29H,7,10,13-14,17-21H2,1-3H3,(H,36,40)(H,37,42)(H,38,41)(H,39,44)/t25-,27-,28-,29-/m0/s1. The Morgan fingerprint density at radius 3 is 2.22 bits per heavy atom. The molecule has 0 aliphatic carbocycles. The van der Waals surface area contributed by atoms with Gasteiger partial charge in [0.25, 0.3) is 0 Å². The topological polar surface area (TPSA) is 152 Å². The maximum absolute atomic E-state index is 13.6. The molecular formula is C34H45FN4O7. The first-order valence-electron chi connectivity index (χ1n) is 15.7. The van der Waals surface area contributed by atoms with E-state index in [0.29, 0.717) is 25.8 Å². The van der Waals surface area contributed by atoms with Crippen molar-refractivity contribution in [1.29, 1.82) is 0 Å². The number of rotatable bonds is 16. The second-order valence-corrected chi connectivity index (χ2v) is 11.9. The molecule has 0 bridgehead atoms. The van der Waals surface area contributed by atoms with Crippen LogP contribution in [0, 0.1) is 17.7 Å². The third-order valence-electron chi connectivity index (χ3n) is 7.80. The minimum Gasteiger partial charge on any atom is -0.467 e. The van der Waals surface area contributed by atoms with Crippen molar-refractivity contribution < 1.29 is 37.8 Å². The average molecular weight is 641 g/mol. The molecule has 0 spiro atoms. The maximum Gasteiger partial charge on any atom is 0.408 e. The fourth-order valence-electron chi connectivity index (χ4n) is 5.26. The van der Waals surface area contributed by atoms with Crippen molar-refractivity contribution in [1.82, 2.24) is 21.3 Å². The number of hydrogen-bond donors (Lipinski definition) is 4. The van der Waals surface area contributed by atoms with Gasteiger partial charge in [-0.1, -0.05) is 56.3 Å². The molecule has 1 heterocycles. The van der Waals surface area contributed by atoms with Gasteiger partial charge >= 0.3 is 12.1 Å². The number of ether oxygens (including phenoxy) is 2. The molecule has 2 aromatic rings. The summed E-state index contributed by atoms with van der Waals surface area (Å²) in [5, 5.41) is 10.9. The van der Waals surface area contributed by atoms with Crippen molar-refractivity contribution in [3.63, 3.8) is 0 Å². The third kappa shape index (κ3) is 12.1. The van der Waals surface area contributed by atoms with E-state index in [1.807, 2.05) is 32.0 Å². The molecular weight excluding hydrogens is 595 g/mol. The van der Waals surface area contributed by atoms with E-state index in [-0.39, 0.29) is 43.6 Å². The lowest BCUT2D eigenvalue weighted by molar-refractivity contribution is -0.146. The van der Waals surface area contributed by atoms with E-state index in [4.69, 9.17) is 9.47 Å². The van der Waals surface area contributed by atoms with Crippen LogP contribution in [0.4, 0.5) is 9.18 Å². The van der Waals surface area contributed by atoms with Crippen molar-refractivity contribution in [3.05, 3.63) is 71.5 Å². The number of nitrogens with one attached hydrogen (secondary N) is 4. The summed E-state index contributed by atoms with van der Waals surface area (Å²) in [4.78, 5) is 64.7. The lowest BCUT2D eigenvalue weighted by Gasteiger charge is -2.27. The molecule has 1 aliphatic heterocycles. The molecule has 4 amide bonds. The molecule has 2 aromatic carbocycles. The number of hydrogen-bond acceptors (Lipinski definition) is 7. The minimum absolute atomic E-state index is 0.00517. The van der Waals surface area contributed by atoms with E-state index < -0.39 is 47.8 Å². The van der Waals surface area contributed by atoms with Crippen LogP contribution in [-0.4, -0.2) is 61.6 Å². The fourth-order valence-corrected chi connectivity index (χ4v) is 5.26. The molecule has 250 valence electrons. The van der Waals surface area contributed by atoms with Gasteiger partial charge in [-0.15, -0.1) is 0 Å². The molecule has 1 saturated heterocycles. The number of aryl methyl sites for hydroxylation is 1. The van der Waals surface area contributed by atoms with Crippen LogP contribution in [-0.2, 0) is 41.7 Å². The van der Waals surface area contributed by atoms with E-state index in [1.54, 1.807) is 24.3 Å². The zero-order valence-electron chi connectivity index (χ0n) is 26.7. The van der Waals surface area contributed by atoms with Crippen LogP contribution < -0.4 is 21.3 Å². The molecule has 0 unspecified atom stereocenters. The largest absolute Gasteiger partial charge is 0.467 e. The molecule has 0 saturated carbocycles. The first-order valence-corrected chi connectivity index (χ1v) is 15.7. The highest BCUT2D eigenvalue weighted by Crippen LogP contribution is 2.19. The third-order valence-corrected chi connectivity index (χ3v) is 7.80. The summed E-state index contributed by atoms with van der Waals surface area (Å²) in [6.45, 7) is 4.39. The van der Waals surface area contributed by atoms with Gasteiger partial charge in [0.05, 0.1) is 7.11 Å². The fraction of sp³-hybridized carbons (Fsp3) is 0.500. The van der Waals surface area contributed by atoms with Gasteiger partial charge in [0, 0.05) is 12.5 Å². The summed E-state index contributed by atoms with van der Waals surface area (Å²) in [5.74, 6) is -2.61. The summed E-state index contributed by atoms with van der Waals surface area (Å²) in [6.07, 6.45) is 2.01. The average Bonchev–Trinajstić information content (AvgIpc) is 3.04. The predicted octanol–water partition coefficient (Wildman–Crippen LogP) is 3.55. The lowest BCUT2D eigenvalue weighted by atomic mass is 9.92. The van der Waals surface area contributed by atoms with Gasteiger partial charge in [-0.05, 0) is 74.1 Å². The number of carbonyl (C=O) groups excluding carboxylic acids is 5. The van der Waals surface area contributed by atoms with E-state index in [0.717, 1.165) is 17.5 Å². The Kier molecular flexibility index (Phi) is 14.5. The van der Waals surface area contributed by atoms with E-state index in [9.17, 15) is 28.4 Å². The Labute approximate surface area is 269 Å². The number of halogens is 1. The predicted molar refractivity (Wildman–Crippen MR) is 169 cm³/mol. The van der Waals surface area contributed by atoms with Gasteiger partial charge in [0.1, 0.15) is 30.5 Å². The van der Waals surface area contributed by atoms with Crippen molar-refractivity contribution >= 4 is 29.8 Å². The van der Waals surface area contributed by atoms with Gasteiger partial charge in [0.15, 0.2) is 0 Å². The molecule has 0 radical (unpaired) electrons. The highest BCUT2D eigenvalue weighted by atomic mass is 19.1. The quantitative estimate of drug-likeness (QED) is 0.205. The molecule has 11 nitrogen and oxygen atoms in total. The number of amides is 4. The number of methoxy groups -OCH3 is 1. The molecule has 4 atom stereocenters. The Bertz CT molecular complexity index is 1310. The number of piperidine rings is 1. The Morgan fingerprint density at radius 2 is 1.57 bits per heavy atom. The summed E-state index contributed by atoms with van der Waals surface area (Å²) < 4.78 is 23.7. The van der Waals surface area contributed by atoms with Gasteiger partial charge in [-0.25, -0.2) is 14.0 Å². The second-order valence-electron chi connectivity index (χ2n) is 11.9. The SMILES string of the molecule is COC(=O)[C@H](CC[C@@H]1CCCNC1=O)NC(=O)[C@H](CC(C)C)NC(=O)[C@H](CCc1ccc(F)cc1)NC(=O)OCc1ccccc1. The number of carbonyl (C=O) groups is 5. The van der Waals surface area contributed by atoms with Crippen LogP contribution >= 0.6 is 0 Å². The van der Waals surface area contributed by atoms with Crippen molar-refractivity contribution in [2.24, 2.45) is 11.8 Å². The zero-order valence-corrected chi connectivity index (χ0v) is 26.7. The van der Waals surface area contributed by atoms with Crippen molar-refractivity contribution in [2.75, 3.05) is 13.7 Å². The summed E-state index contributed by atoms with van der Waals surface area (Å²) in [5.41, 5.74) is 1.52. The van der Waals surface area contributed by atoms with E-state index >= 15 is 0 Å². The number of alkyl carbamates (subject to hydrolysis) is 1. The zero-order chi connectivity index (χ0) is 33.5. The van der Waals surface area contributed by atoms with Crippen LogP contribution in [0.5, 0.6) is 0 Å². The van der Waals surface area contributed by atoms with Crippen LogP contribution in [0.1, 0.15) is 63.5 Å². The van der Waals surface area contributed by atoms with E-state index in [1.165, 1.54) is 19.2 Å². The molecule has 3 rings (SSSR count). The van der Waals surface area contributed by atoms with Crippen LogP contribution in [0.3, 0.4) is 0 Å².